The molecule has 0 bridgehead atoms. The maximum absolute atomic E-state index is 12.7. The van der Waals surface area contributed by atoms with E-state index >= 15 is 0 Å². The van der Waals surface area contributed by atoms with E-state index in [2.05, 4.69) is 26.6 Å². The number of amides is 1. The molecular weight excluding hydrogens is 360 g/mol. The summed E-state index contributed by atoms with van der Waals surface area (Å²) in [6.07, 6.45) is -2.86. The SMILES string of the molecule is Cl.O=C(Nc1ccc(Br)c(C(F)(F)F)c1)[C@@H]1CCCN1. The van der Waals surface area contributed by atoms with Gasteiger partial charge < -0.3 is 10.6 Å². The first-order valence-corrected chi connectivity index (χ1v) is 6.58. The molecule has 1 aliphatic rings. The number of carbonyl (C=O) groups excluding carboxylic acids is 1. The summed E-state index contributed by atoms with van der Waals surface area (Å²) in [5.74, 6) is -0.298. The van der Waals surface area contributed by atoms with E-state index in [9.17, 15) is 18.0 Å². The highest BCUT2D eigenvalue weighted by Crippen LogP contribution is 2.36. The molecule has 0 radical (unpaired) electrons. The van der Waals surface area contributed by atoms with Gasteiger partial charge in [0.25, 0.3) is 0 Å². The Kier molecular flexibility index (Phi) is 5.85. The Hall–Kier alpha value is -0.790. The van der Waals surface area contributed by atoms with E-state index in [1.54, 1.807) is 0 Å². The number of anilines is 1. The average Bonchev–Trinajstić information content (AvgIpc) is 2.83. The fourth-order valence-corrected chi connectivity index (χ4v) is 2.43. The van der Waals surface area contributed by atoms with E-state index in [4.69, 9.17) is 0 Å². The number of halogens is 5. The molecule has 0 saturated carbocycles. The van der Waals surface area contributed by atoms with Crippen LogP contribution in [0.5, 0.6) is 0 Å². The number of rotatable bonds is 2. The minimum absolute atomic E-state index is 0. The lowest BCUT2D eigenvalue weighted by molar-refractivity contribution is -0.138. The molecule has 0 aliphatic carbocycles. The molecule has 1 amide bonds. The first-order valence-electron chi connectivity index (χ1n) is 5.79. The van der Waals surface area contributed by atoms with E-state index < -0.39 is 11.7 Å². The molecule has 0 unspecified atom stereocenters. The van der Waals surface area contributed by atoms with Crippen LogP contribution in [-0.4, -0.2) is 18.5 Å². The molecule has 1 atom stereocenters. The Balaban J connectivity index is 0.00000200. The molecule has 0 aromatic heterocycles. The van der Waals surface area contributed by atoms with Crippen molar-refractivity contribution in [2.24, 2.45) is 0 Å². The zero-order chi connectivity index (χ0) is 14.0. The molecule has 20 heavy (non-hydrogen) atoms. The van der Waals surface area contributed by atoms with Gasteiger partial charge in [-0.25, -0.2) is 0 Å². The molecule has 1 aliphatic heterocycles. The van der Waals surface area contributed by atoms with Gasteiger partial charge >= 0.3 is 6.18 Å². The third-order valence-electron chi connectivity index (χ3n) is 2.92. The summed E-state index contributed by atoms with van der Waals surface area (Å²) >= 11 is 2.85. The number of benzene rings is 1. The van der Waals surface area contributed by atoms with E-state index in [-0.39, 0.29) is 34.5 Å². The van der Waals surface area contributed by atoms with Gasteiger partial charge in [0.1, 0.15) is 0 Å². The Labute approximate surface area is 128 Å². The molecule has 1 aromatic rings. The van der Waals surface area contributed by atoms with Crippen molar-refractivity contribution < 1.29 is 18.0 Å². The van der Waals surface area contributed by atoms with Gasteiger partial charge in [0.2, 0.25) is 5.91 Å². The van der Waals surface area contributed by atoms with Crippen molar-refractivity contribution in [3.05, 3.63) is 28.2 Å². The standard InChI is InChI=1S/C12H12BrF3N2O.ClH/c13-9-4-3-7(6-8(9)12(14,15)16)18-11(19)10-2-1-5-17-10;/h3-4,6,10,17H,1-2,5H2,(H,18,19);1H/t10-;/m0./s1. The molecule has 1 heterocycles. The predicted octanol–water partition coefficient (Wildman–Crippen LogP) is 3.58. The van der Waals surface area contributed by atoms with Crippen LogP contribution in [0, 0.1) is 0 Å². The van der Waals surface area contributed by atoms with Gasteiger partial charge in [-0.2, -0.15) is 13.2 Å². The lowest BCUT2D eigenvalue weighted by Gasteiger charge is -2.14. The van der Waals surface area contributed by atoms with E-state index in [1.807, 2.05) is 0 Å². The molecule has 8 heteroatoms. The quantitative estimate of drug-likeness (QED) is 0.832. The molecule has 1 fully saturated rings. The van der Waals surface area contributed by atoms with Crippen molar-refractivity contribution in [2.75, 3.05) is 11.9 Å². The Morgan fingerprint density at radius 1 is 1.40 bits per heavy atom. The molecule has 0 spiro atoms. The van der Waals surface area contributed by atoms with Crippen LogP contribution in [-0.2, 0) is 11.0 Å². The van der Waals surface area contributed by atoms with Gasteiger partial charge in [0, 0.05) is 10.2 Å². The van der Waals surface area contributed by atoms with Gasteiger partial charge in [0.15, 0.2) is 0 Å². The molecule has 2 rings (SSSR count). The predicted molar refractivity (Wildman–Crippen MR) is 76.0 cm³/mol. The fourth-order valence-electron chi connectivity index (χ4n) is 1.96. The van der Waals surface area contributed by atoms with E-state index in [0.29, 0.717) is 6.42 Å². The number of hydrogen-bond acceptors (Lipinski definition) is 2. The Morgan fingerprint density at radius 2 is 2.10 bits per heavy atom. The normalized spacial score (nSPS) is 18.5. The second-order valence-corrected chi connectivity index (χ2v) is 5.18. The van der Waals surface area contributed by atoms with Crippen molar-refractivity contribution in [3.8, 4) is 0 Å². The van der Waals surface area contributed by atoms with Crippen LogP contribution < -0.4 is 10.6 Å². The van der Waals surface area contributed by atoms with E-state index in [0.717, 1.165) is 19.0 Å². The Morgan fingerprint density at radius 3 is 2.65 bits per heavy atom. The number of carbonyl (C=O) groups is 1. The summed E-state index contributed by atoms with van der Waals surface area (Å²) < 4.78 is 38.1. The van der Waals surface area contributed by atoms with Crippen LogP contribution in [0.25, 0.3) is 0 Å². The van der Waals surface area contributed by atoms with Crippen LogP contribution >= 0.6 is 28.3 Å². The number of alkyl halides is 3. The molecule has 3 nitrogen and oxygen atoms in total. The molecule has 2 N–H and O–H groups in total. The van der Waals surface area contributed by atoms with Crippen LogP contribution in [0.3, 0.4) is 0 Å². The maximum Gasteiger partial charge on any atom is 0.417 e. The highest BCUT2D eigenvalue weighted by atomic mass is 79.9. The maximum atomic E-state index is 12.7. The second-order valence-electron chi connectivity index (χ2n) is 4.33. The summed E-state index contributed by atoms with van der Waals surface area (Å²) in [5, 5.41) is 5.49. The highest BCUT2D eigenvalue weighted by Gasteiger charge is 2.33. The van der Waals surface area contributed by atoms with E-state index in [1.165, 1.54) is 12.1 Å². The van der Waals surface area contributed by atoms with Gasteiger partial charge in [-0.3, -0.25) is 4.79 Å². The summed E-state index contributed by atoms with van der Waals surface area (Å²) in [6.45, 7) is 0.756. The molecular formula is C12H13BrClF3N2O. The summed E-state index contributed by atoms with van der Waals surface area (Å²) in [4.78, 5) is 11.8. The zero-order valence-electron chi connectivity index (χ0n) is 10.3. The lowest BCUT2D eigenvalue weighted by Crippen LogP contribution is -2.35. The molecule has 1 saturated heterocycles. The van der Waals surface area contributed by atoms with Crippen LogP contribution in [0.4, 0.5) is 18.9 Å². The van der Waals surface area contributed by atoms with Crippen molar-refractivity contribution >= 4 is 39.9 Å². The van der Waals surface area contributed by atoms with Crippen molar-refractivity contribution in [1.29, 1.82) is 0 Å². The third-order valence-corrected chi connectivity index (χ3v) is 3.61. The van der Waals surface area contributed by atoms with Gasteiger partial charge in [-0.15, -0.1) is 12.4 Å². The minimum atomic E-state index is -4.45. The van der Waals surface area contributed by atoms with Crippen molar-refractivity contribution in [2.45, 2.75) is 25.1 Å². The lowest BCUT2D eigenvalue weighted by atomic mass is 10.1. The first kappa shape index (κ1) is 17.3. The fraction of sp³-hybridized carbons (Fsp3) is 0.417. The van der Waals surface area contributed by atoms with Crippen LogP contribution in [0.2, 0.25) is 0 Å². The topological polar surface area (TPSA) is 41.1 Å². The monoisotopic (exact) mass is 372 g/mol. The summed E-state index contributed by atoms with van der Waals surface area (Å²) in [5.41, 5.74) is -0.654. The van der Waals surface area contributed by atoms with Crippen molar-refractivity contribution in [3.63, 3.8) is 0 Å². The summed E-state index contributed by atoms with van der Waals surface area (Å²) in [6, 6.07) is 3.32. The Bertz CT molecular complexity index is 490. The third kappa shape index (κ3) is 4.10. The number of hydrogen-bond donors (Lipinski definition) is 2. The second kappa shape index (κ2) is 6.78. The van der Waals surface area contributed by atoms with Gasteiger partial charge in [0.05, 0.1) is 11.6 Å². The molecule has 1 aromatic carbocycles. The molecule has 112 valence electrons. The average molecular weight is 374 g/mol. The first-order chi connectivity index (χ1) is 8.88. The highest BCUT2D eigenvalue weighted by molar-refractivity contribution is 9.10. The van der Waals surface area contributed by atoms with Gasteiger partial charge in [-0.1, -0.05) is 15.9 Å². The van der Waals surface area contributed by atoms with Crippen LogP contribution in [0.1, 0.15) is 18.4 Å². The minimum Gasteiger partial charge on any atom is -0.325 e. The zero-order valence-corrected chi connectivity index (χ0v) is 12.7. The van der Waals surface area contributed by atoms with Gasteiger partial charge in [-0.05, 0) is 37.6 Å². The van der Waals surface area contributed by atoms with Crippen LogP contribution in [0.15, 0.2) is 22.7 Å². The smallest absolute Gasteiger partial charge is 0.325 e. The largest absolute Gasteiger partial charge is 0.417 e. The van der Waals surface area contributed by atoms with Crippen molar-refractivity contribution in [1.82, 2.24) is 5.32 Å². The summed E-state index contributed by atoms with van der Waals surface area (Å²) in [7, 11) is 0. The number of nitrogens with one attached hydrogen (secondary N) is 2.